The van der Waals surface area contributed by atoms with Crippen LogP contribution in [-0.2, 0) is 38.9 Å². The molecule has 3 amide bonds. The summed E-state index contributed by atoms with van der Waals surface area (Å²) in [7, 11) is 0. The molecule has 6 N–H and O–H groups in total. The van der Waals surface area contributed by atoms with Crippen molar-refractivity contribution in [2.45, 2.75) is 71.7 Å². The first-order chi connectivity index (χ1) is 63.7. The number of anilines is 3. The second kappa shape index (κ2) is 34.0. The number of nitrogens with one attached hydrogen (secondary N) is 6. The molecule has 35 heteroatoms. The van der Waals surface area contributed by atoms with E-state index in [1.54, 1.807) is 75.7 Å². The maximum absolute atomic E-state index is 15.5. The van der Waals surface area contributed by atoms with Crippen molar-refractivity contribution in [3.8, 4) is 96.7 Å². The van der Waals surface area contributed by atoms with Gasteiger partial charge in [0.1, 0.15) is 57.5 Å². The average molecular weight is 1770 g/mol. The third kappa shape index (κ3) is 15.8. The van der Waals surface area contributed by atoms with Crippen molar-refractivity contribution >= 4 is 67.5 Å². The lowest BCUT2D eigenvalue weighted by atomic mass is 9.98. The van der Waals surface area contributed by atoms with Crippen molar-refractivity contribution in [3.63, 3.8) is 0 Å². The van der Waals surface area contributed by atoms with Crippen molar-refractivity contribution in [2.24, 2.45) is 0 Å². The van der Waals surface area contributed by atoms with E-state index in [4.69, 9.17) is 23.7 Å². The van der Waals surface area contributed by atoms with E-state index in [2.05, 4.69) is 61.8 Å². The minimum atomic E-state index is -0.755. The van der Waals surface area contributed by atoms with Gasteiger partial charge >= 0.3 is 0 Å². The number of carbonyl (C=O) groups is 3. The number of carbonyl (C=O) groups excluding carboxylic acids is 3. The zero-order valence-corrected chi connectivity index (χ0v) is 69.1. The molecule has 0 atom stereocenters. The van der Waals surface area contributed by atoms with Crippen LogP contribution in [0.5, 0.6) is 46.3 Å². The standard InChI is InChI=1S/C33H24F2N6O4.C32H24F2N6O4.C31H22F2N6O3/c34-20-1-4-22(5-2-20)41-29(44-23-6-7-23)10-8-25(33(41)43)32(42)39-21-3-9-27(26(35)14-21)45-28-13-18-17-38-40-12-11-24(31(18)40)30(28)19-15-36-37-16-19;1-2-43-28-10-8-24(32(42)40(28)22-6-3-20(33)4-7-22)31(41)38-21-5-9-26(25(34)14-21)44-27-13-18-17-37-39-12-11-23(30(18)39)29(27)19-15-35-36-16-19;1-17-2-8-24(31(41)39(17)22-6-3-20(32)4-7-22)30(40)37-21-5-9-26(25(33)13-21)42-27-12-18-16-36-38-11-10-23(29(18)38)28(27)19-14-34-35-15-19/h1-5,8-10,13-17,23H,6-7,11-12H2,(H,36,37)(H,39,42);3-10,13-17H,2,11-12H2,1H3,(H,35,36)(H,38,41);2-9,12-16H,10-11H2,1H3,(H,34,35)(H,37,40). The molecule has 12 heterocycles. The van der Waals surface area contributed by atoms with Crippen molar-refractivity contribution in [3.05, 3.63) is 343 Å². The molecule has 131 heavy (non-hydrogen) atoms. The number of pyridine rings is 3. The molecule has 0 spiro atoms. The van der Waals surface area contributed by atoms with Crippen LogP contribution in [0, 0.1) is 41.8 Å². The zero-order chi connectivity index (χ0) is 90.0. The van der Waals surface area contributed by atoms with E-state index >= 15 is 13.2 Å². The van der Waals surface area contributed by atoms with Crippen LogP contribution in [0.15, 0.2) is 252 Å². The highest BCUT2D eigenvalue weighted by molar-refractivity contribution is 6.06. The third-order valence-electron chi connectivity index (χ3n) is 22.7. The Bertz CT molecular complexity index is 7780. The first-order valence-electron chi connectivity index (χ1n) is 41.4. The first kappa shape index (κ1) is 82.2. The number of hydrogen-bond acceptors (Lipinski definition) is 17. The average Bonchev–Trinajstić information content (AvgIpc) is 1.60. The summed E-state index contributed by atoms with van der Waals surface area (Å²) in [5.41, 5.74) is 10.6. The number of H-pyrrole nitrogens is 3. The maximum Gasteiger partial charge on any atom is 0.270 e. The van der Waals surface area contributed by atoms with Gasteiger partial charge in [0.25, 0.3) is 34.4 Å². The second-order valence-corrected chi connectivity index (χ2v) is 31.1. The summed E-state index contributed by atoms with van der Waals surface area (Å²) in [6.45, 7) is 5.94. The van der Waals surface area contributed by atoms with E-state index in [1.807, 2.05) is 32.2 Å². The molecule has 0 saturated heterocycles. The quantitative estimate of drug-likeness (QED) is 0.0343. The minimum Gasteiger partial charge on any atom is -0.479 e. The van der Waals surface area contributed by atoms with E-state index in [9.17, 15) is 41.9 Å². The first-order valence-corrected chi connectivity index (χ1v) is 41.4. The minimum absolute atomic E-state index is 0.0197. The molecule has 29 nitrogen and oxygen atoms in total. The van der Waals surface area contributed by atoms with Gasteiger partial charge in [-0.2, -0.15) is 30.6 Å². The summed E-state index contributed by atoms with van der Waals surface area (Å²) in [6, 6.07) is 42.2. The molecular formula is C96H70F6N18O11. The molecule has 9 aromatic heterocycles. The predicted molar refractivity (Wildman–Crippen MR) is 472 cm³/mol. The lowest BCUT2D eigenvalue weighted by molar-refractivity contribution is 0.101. The van der Waals surface area contributed by atoms with Crippen LogP contribution in [0.4, 0.5) is 43.4 Å². The van der Waals surface area contributed by atoms with Gasteiger partial charge in [0.05, 0.1) is 71.7 Å². The third-order valence-corrected chi connectivity index (χ3v) is 22.7. The Morgan fingerprint density at radius 3 is 1.07 bits per heavy atom. The number of nitrogens with zero attached hydrogens (tertiary/aromatic N) is 12. The molecule has 9 aromatic carbocycles. The Morgan fingerprint density at radius 2 is 0.733 bits per heavy atom. The van der Waals surface area contributed by atoms with Gasteiger partial charge in [0.15, 0.2) is 34.7 Å². The highest BCUT2D eigenvalue weighted by Crippen LogP contribution is 2.48. The fourth-order valence-electron chi connectivity index (χ4n) is 16.6. The fraction of sp³-hybridized carbons (Fsp3) is 0.125. The lowest BCUT2D eigenvalue weighted by Crippen LogP contribution is -2.29. The number of amides is 3. The maximum atomic E-state index is 15.5. The van der Waals surface area contributed by atoms with Gasteiger partial charge in [-0.25, -0.2) is 35.5 Å². The van der Waals surface area contributed by atoms with Crippen molar-refractivity contribution < 1.29 is 64.4 Å². The predicted octanol–water partition coefficient (Wildman–Crippen LogP) is 17.6. The van der Waals surface area contributed by atoms with Crippen molar-refractivity contribution in [2.75, 3.05) is 22.6 Å². The van der Waals surface area contributed by atoms with Crippen LogP contribution in [0.1, 0.15) is 73.2 Å². The molecule has 3 aliphatic heterocycles. The van der Waals surface area contributed by atoms with Crippen molar-refractivity contribution in [1.82, 2.24) is 73.6 Å². The summed E-state index contributed by atoms with van der Waals surface area (Å²) < 4.78 is 126. The molecule has 1 fully saturated rings. The van der Waals surface area contributed by atoms with Gasteiger partial charge in [-0.3, -0.25) is 62.7 Å². The normalized spacial score (nSPS) is 12.7. The van der Waals surface area contributed by atoms with Crippen LogP contribution in [-0.4, -0.2) is 104 Å². The number of aromatic amines is 3. The van der Waals surface area contributed by atoms with Crippen LogP contribution < -0.4 is 56.3 Å². The Kier molecular flexibility index (Phi) is 21.3. The highest BCUT2D eigenvalue weighted by Gasteiger charge is 2.32. The number of hydrogen-bond donors (Lipinski definition) is 6. The van der Waals surface area contributed by atoms with Crippen LogP contribution in [0.25, 0.3) is 83.2 Å². The van der Waals surface area contributed by atoms with Gasteiger partial charge in [-0.15, -0.1) is 0 Å². The number of aryl methyl sites for hydroxylation is 7. The van der Waals surface area contributed by atoms with Gasteiger partial charge in [-0.1, -0.05) is 0 Å². The molecule has 0 radical (unpaired) electrons. The SMILES string of the molecule is CCOc1ccc(C(=O)Nc2ccc(Oc3cc4cnn5c4c(c3-c3cn[nH]c3)CC5)c(F)c2)c(=O)n1-c1ccc(F)cc1.Cc1ccc(C(=O)Nc2ccc(Oc3cc4cnn5c4c(c3-c3cn[nH]c3)CC5)c(F)c2)c(=O)n1-c1ccc(F)cc1.O=C(Nc1ccc(Oc2cc3cnn4c3c(c2-c2cn[nH]c2)CC4)c(F)c1)c1ccc(OC2CC2)n(-c2ccc(F)cc2)c1=O. The Labute approximate surface area is 735 Å². The van der Waals surface area contributed by atoms with Crippen molar-refractivity contribution in [1.29, 1.82) is 0 Å². The van der Waals surface area contributed by atoms with E-state index in [-0.39, 0.29) is 75.5 Å². The van der Waals surface area contributed by atoms with Gasteiger partial charge in [0, 0.05) is 134 Å². The largest absolute Gasteiger partial charge is 0.479 e. The van der Waals surface area contributed by atoms with Gasteiger partial charge in [-0.05, 0) is 226 Å². The molecule has 1 aliphatic carbocycles. The van der Waals surface area contributed by atoms with Gasteiger partial charge < -0.3 is 39.6 Å². The van der Waals surface area contributed by atoms with E-state index < -0.39 is 69.3 Å². The molecule has 0 unspecified atom stereocenters. The second-order valence-electron chi connectivity index (χ2n) is 31.1. The van der Waals surface area contributed by atoms with Crippen LogP contribution >= 0.6 is 0 Å². The zero-order valence-electron chi connectivity index (χ0n) is 69.1. The fourth-order valence-corrected chi connectivity index (χ4v) is 16.6. The Balaban J connectivity index is 0.000000123. The summed E-state index contributed by atoms with van der Waals surface area (Å²) in [6.07, 6.45) is 19.6. The molecular weight excluding hydrogens is 1700 g/mol. The smallest absolute Gasteiger partial charge is 0.270 e. The summed E-state index contributed by atoms with van der Waals surface area (Å²) in [5, 5.41) is 44.4. The van der Waals surface area contributed by atoms with Gasteiger partial charge in [0.2, 0.25) is 11.8 Å². The number of ether oxygens (including phenoxy) is 5. The molecule has 0 bridgehead atoms. The Morgan fingerprint density at radius 1 is 0.397 bits per heavy atom. The summed E-state index contributed by atoms with van der Waals surface area (Å²) in [5.74, 6) is -4.08. The lowest BCUT2D eigenvalue weighted by Gasteiger charge is -2.16. The molecule has 1 saturated carbocycles. The number of rotatable bonds is 22. The van der Waals surface area contributed by atoms with E-state index in [0.29, 0.717) is 40.0 Å². The summed E-state index contributed by atoms with van der Waals surface area (Å²) >= 11 is 0. The molecule has 18 aromatic rings. The molecule has 22 rings (SSSR count). The van der Waals surface area contributed by atoms with Crippen LogP contribution in [0.3, 0.4) is 0 Å². The summed E-state index contributed by atoms with van der Waals surface area (Å²) in [4.78, 5) is 79.6. The highest BCUT2D eigenvalue weighted by atomic mass is 19.1. The Hall–Kier alpha value is -17.1. The molecule has 652 valence electrons. The number of benzene rings is 9. The van der Waals surface area contributed by atoms with E-state index in [1.165, 1.54) is 153 Å². The molecule has 4 aliphatic rings. The topological polar surface area (TPSA) is 339 Å². The van der Waals surface area contributed by atoms with E-state index in [0.717, 1.165) is 153 Å². The van der Waals surface area contributed by atoms with Crippen LogP contribution in [0.2, 0.25) is 0 Å². The number of halogens is 6. The monoisotopic (exact) mass is 1760 g/mol. The number of aromatic nitrogens is 15.